The fourth-order valence-electron chi connectivity index (χ4n) is 7.05. The molecule has 0 unspecified atom stereocenters. The van der Waals surface area contributed by atoms with E-state index in [0.29, 0.717) is 96.7 Å². The maximum absolute atomic E-state index is 12.8. The minimum atomic E-state index is -0.372. The number of β-amino-alcohol motifs (C(OH)–C–C–N with tert-alkyl or cyclic N) is 2. The Hall–Kier alpha value is -7.56. The summed E-state index contributed by atoms with van der Waals surface area (Å²) in [5, 5.41) is 19.6. The number of rotatable bonds is 10. The number of nitrogens with one attached hydrogen (secondary N) is 2. The van der Waals surface area contributed by atoms with E-state index in [1.165, 1.54) is 0 Å². The van der Waals surface area contributed by atoms with Crippen LogP contribution in [0.2, 0.25) is 0 Å². The monoisotopic (exact) mass is 802 g/mol. The van der Waals surface area contributed by atoms with Gasteiger partial charge in [0.2, 0.25) is 11.6 Å². The van der Waals surface area contributed by atoms with Crippen molar-refractivity contribution in [1.29, 1.82) is 0 Å². The molecule has 2 aliphatic rings. The molecular formula is C44H38N10O6. The molecule has 8 aromatic rings. The fraction of sp³-hybridized carbons (Fsp3) is 0.182. The van der Waals surface area contributed by atoms with E-state index in [1.54, 1.807) is 73.3 Å². The predicted molar refractivity (Wildman–Crippen MR) is 222 cm³/mol. The van der Waals surface area contributed by atoms with E-state index >= 15 is 0 Å². The lowest BCUT2D eigenvalue weighted by Crippen LogP contribution is -2.23. The molecule has 2 aliphatic heterocycles. The first-order valence-electron chi connectivity index (χ1n) is 19.4. The van der Waals surface area contributed by atoms with Gasteiger partial charge in [-0.2, -0.15) is 0 Å². The number of fused-ring (bicyclic) bond motifs is 2. The minimum absolute atomic E-state index is 0.191. The first kappa shape index (κ1) is 38.0. The smallest absolute Gasteiger partial charge is 0.263 e. The molecular weight excluding hydrogens is 765 g/mol. The van der Waals surface area contributed by atoms with Gasteiger partial charge < -0.3 is 39.5 Å². The number of carbonyl (C=O) groups is 2. The van der Waals surface area contributed by atoms with Crippen molar-refractivity contribution in [2.24, 2.45) is 0 Å². The lowest BCUT2D eigenvalue weighted by atomic mass is 10.1. The van der Waals surface area contributed by atoms with Crippen LogP contribution in [0.25, 0.3) is 22.1 Å². The minimum Gasteiger partial charge on any atom is -0.436 e. The molecule has 300 valence electrons. The van der Waals surface area contributed by atoms with Gasteiger partial charge in [-0.25, -0.2) is 29.9 Å². The van der Waals surface area contributed by atoms with Gasteiger partial charge in [-0.15, -0.1) is 0 Å². The summed E-state index contributed by atoms with van der Waals surface area (Å²) in [5.41, 5.74) is 4.16. The topological polar surface area (TPSA) is 208 Å². The number of para-hydroxylation sites is 4. The molecule has 0 spiro atoms. The zero-order chi connectivity index (χ0) is 41.0. The quantitative estimate of drug-likeness (QED) is 0.119. The van der Waals surface area contributed by atoms with Crippen LogP contribution in [0.3, 0.4) is 0 Å². The van der Waals surface area contributed by atoms with Crippen LogP contribution in [0.4, 0.5) is 11.6 Å². The Bertz CT molecular complexity index is 2530. The highest BCUT2D eigenvalue weighted by atomic mass is 16.5. The highest BCUT2D eigenvalue weighted by molar-refractivity contribution is 6.08. The van der Waals surface area contributed by atoms with Crippen molar-refractivity contribution in [3.63, 3.8) is 0 Å². The molecule has 4 aromatic carbocycles. The highest BCUT2D eigenvalue weighted by Crippen LogP contribution is 2.32. The Balaban J connectivity index is 0.000000154. The predicted octanol–water partition coefficient (Wildman–Crippen LogP) is 5.89. The summed E-state index contributed by atoms with van der Waals surface area (Å²) in [4.78, 5) is 61.5. The number of hydrogen-bond acceptors (Lipinski definition) is 14. The molecule has 10 rings (SSSR count). The molecule has 0 radical (unpaired) electrons. The average Bonchev–Trinajstić information content (AvgIpc) is 4.11. The van der Waals surface area contributed by atoms with Crippen molar-refractivity contribution < 1.29 is 29.3 Å². The Morgan fingerprint density at radius 2 is 0.950 bits per heavy atom. The van der Waals surface area contributed by atoms with E-state index in [-0.39, 0.29) is 23.8 Å². The van der Waals surface area contributed by atoms with E-state index in [2.05, 4.69) is 39.9 Å². The second kappa shape index (κ2) is 16.7. The van der Waals surface area contributed by atoms with E-state index in [4.69, 9.17) is 9.47 Å². The molecule has 4 N–H and O–H groups in total. The number of H-pyrrole nitrogens is 2. The zero-order valence-corrected chi connectivity index (χ0v) is 32.0. The number of aliphatic hydroxyl groups is 2. The Morgan fingerprint density at radius 1 is 0.550 bits per heavy atom. The van der Waals surface area contributed by atoms with Crippen molar-refractivity contribution in [3.05, 3.63) is 145 Å². The first-order valence-corrected chi connectivity index (χ1v) is 19.4. The summed E-state index contributed by atoms with van der Waals surface area (Å²) in [6.45, 7) is 2.39. The number of aromatic nitrogens is 8. The van der Waals surface area contributed by atoms with Gasteiger partial charge in [0.05, 0.1) is 34.3 Å². The third-order valence-electron chi connectivity index (χ3n) is 10.1. The molecule has 2 saturated heterocycles. The number of anilines is 2. The number of ether oxygens (including phenoxy) is 2. The summed E-state index contributed by atoms with van der Waals surface area (Å²) in [6, 6.07) is 28.7. The summed E-state index contributed by atoms with van der Waals surface area (Å²) < 4.78 is 11.8. The second-order valence-corrected chi connectivity index (χ2v) is 14.3. The van der Waals surface area contributed by atoms with E-state index in [1.807, 2.05) is 58.3 Å². The Kier molecular flexibility index (Phi) is 10.6. The highest BCUT2D eigenvalue weighted by Gasteiger charge is 2.26. The molecule has 6 heterocycles. The number of benzene rings is 4. The van der Waals surface area contributed by atoms with Crippen molar-refractivity contribution >= 4 is 45.3 Å². The number of hydrogen-bond donors (Lipinski definition) is 4. The molecule has 0 aliphatic carbocycles. The van der Waals surface area contributed by atoms with Crippen LogP contribution in [0.15, 0.2) is 122 Å². The lowest BCUT2D eigenvalue weighted by Gasteiger charge is -2.18. The van der Waals surface area contributed by atoms with E-state index in [9.17, 15) is 19.8 Å². The molecule has 60 heavy (non-hydrogen) atoms. The number of carbonyl (C=O) groups excluding carboxylic acids is 2. The molecule has 2 fully saturated rings. The maximum atomic E-state index is 12.8. The fourth-order valence-corrected chi connectivity index (χ4v) is 7.05. The third kappa shape index (κ3) is 8.22. The van der Waals surface area contributed by atoms with Crippen molar-refractivity contribution in [3.8, 4) is 23.3 Å². The number of aliphatic hydroxyl groups excluding tert-OH is 2. The Morgan fingerprint density at radius 3 is 1.33 bits per heavy atom. The number of imidazole rings is 2. The molecule has 4 aromatic heterocycles. The standard InChI is InChI=1S/2C22H19N5O3/c2*28-15-9-12-27(13-15)21-22(24-11-10-23-21)30-16-7-5-14(6-8-16)19(29)20-25-17-3-1-2-4-18(17)26-20/h2*1-8,10-11,15,28H,9,12-13H2,(H,25,26)/t2*15-/m10/s1. The normalized spacial score (nSPS) is 16.2. The average molecular weight is 803 g/mol. The van der Waals surface area contributed by atoms with Crippen molar-refractivity contribution in [1.82, 2.24) is 39.9 Å². The summed E-state index contributed by atoms with van der Waals surface area (Å²) in [6.07, 6.45) is 6.95. The van der Waals surface area contributed by atoms with Crippen LogP contribution in [-0.2, 0) is 0 Å². The molecule has 16 heteroatoms. The number of nitrogens with zero attached hydrogens (tertiary/aromatic N) is 8. The van der Waals surface area contributed by atoms with Gasteiger partial charge in [0.15, 0.2) is 23.3 Å². The van der Waals surface area contributed by atoms with Gasteiger partial charge in [0.1, 0.15) is 11.5 Å². The molecule has 0 amide bonds. The molecule has 16 nitrogen and oxygen atoms in total. The van der Waals surface area contributed by atoms with E-state index < -0.39 is 0 Å². The zero-order valence-electron chi connectivity index (χ0n) is 32.0. The summed E-state index contributed by atoms with van der Waals surface area (Å²) in [7, 11) is 0. The van der Waals surface area contributed by atoms with Gasteiger partial charge in [-0.3, -0.25) is 9.59 Å². The number of ketones is 2. The molecule has 2 atom stereocenters. The van der Waals surface area contributed by atoms with Crippen LogP contribution in [-0.4, -0.2) is 100 Å². The van der Waals surface area contributed by atoms with Crippen molar-refractivity contribution in [2.75, 3.05) is 36.0 Å². The maximum Gasteiger partial charge on any atom is 0.263 e. The van der Waals surface area contributed by atoms with Crippen LogP contribution >= 0.6 is 0 Å². The van der Waals surface area contributed by atoms with Crippen LogP contribution in [0, 0.1) is 0 Å². The van der Waals surface area contributed by atoms with Gasteiger partial charge in [0, 0.05) is 62.1 Å². The van der Waals surface area contributed by atoms with Gasteiger partial charge in [-0.1, -0.05) is 24.3 Å². The lowest BCUT2D eigenvalue weighted by molar-refractivity contribution is 0.102. The molecule has 0 bridgehead atoms. The summed E-state index contributed by atoms with van der Waals surface area (Å²) >= 11 is 0. The first-order chi connectivity index (χ1) is 29.3. The Labute approximate surface area is 342 Å². The third-order valence-corrected chi connectivity index (χ3v) is 10.1. The number of aromatic amines is 2. The van der Waals surface area contributed by atoms with Crippen LogP contribution < -0.4 is 19.3 Å². The summed E-state index contributed by atoms with van der Waals surface area (Å²) in [5.74, 6) is 3.21. The largest absolute Gasteiger partial charge is 0.436 e. The second-order valence-electron chi connectivity index (χ2n) is 14.3. The van der Waals surface area contributed by atoms with E-state index in [0.717, 1.165) is 22.1 Å². The SMILES string of the molecule is O=C(c1ccc(Oc2nccnc2N2CC[C@@H](O)C2)cc1)c1nc2ccccc2[nH]1.O=C(c1ccc(Oc2nccnc2N2CC[C@H](O)C2)cc1)c1nc2ccccc2[nH]1. The van der Waals surface area contributed by atoms with Gasteiger partial charge in [-0.05, 0) is 85.6 Å². The molecule has 0 saturated carbocycles. The van der Waals surface area contributed by atoms with Crippen LogP contribution in [0.1, 0.15) is 45.2 Å². The van der Waals surface area contributed by atoms with Crippen LogP contribution in [0.5, 0.6) is 23.3 Å². The van der Waals surface area contributed by atoms with Gasteiger partial charge >= 0.3 is 0 Å². The van der Waals surface area contributed by atoms with Gasteiger partial charge in [0.25, 0.3) is 11.8 Å². The van der Waals surface area contributed by atoms with Crippen molar-refractivity contribution in [2.45, 2.75) is 25.0 Å².